The molecule has 31 heavy (non-hydrogen) atoms. The third kappa shape index (κ3) is 4.09. The molecule has 0 bridgehead atoms. The van der Waals surface area contributed by atoms with E-state index in [0.29, 0.717) is 34.0 Å². The van der Waals surface area contributed by atoms with Crippen molar-refractivity contribution in [2.75, 3.05) is 12.4 Å². The van der Waals surface area contributed by atoms with Crippen LogP contribution in [0.5, 0.6) is 5.75 Å². The van der Waals surface area contributed by atoms with Crippen molar-refractivity contribution in [2.45, 2.75) is 13.8 Å². The maximum absolute atomic E-state index is 12.5. The smallest absolute Gasteiger partial charge is 0.273 e. The Bertz CT molecular complexity index is 1320. The van der Waals surface area contributed by atoms with Gasteiger partial charge in [0.15, 0.2) is 0 Å². The SMILES string of the molecule is COc1cc2c(cc1NC(=O)/C=C(\C)NNC(=O)c1ccoc1C)oc1ccccc12. The lowest BCUT2D eigenvalue weighted by atomic mass is 10.1. The Kier molecular flexibility index (Phi) is 5.36. The van der Waals surface area contributed by atoms with Crippen LogP contribution in [0, 0.1) is 6.92 Å². The molecule has 0 radical (unpaired) electrons. The number of rotatable bonds is 6. The molecule has 158 valence electrons. The van der Waals surface area contributed by atoms with E-state index >= 15 is 0 Å². The second kappa shape index (κ2) is 8.27. The molecule has 0 unspecified atom stereocenters. The number of furan rings is 2. The molecule has 4 aromatic rings. The number of hydrogen-bond acceptors (Lipinski definition) is 6. The molecule has 2 aromatic heterocycles. The van der Waals surface area contributed by atoms with Crippen LogP contribution in [0.25, 0.3) is 21.9 Å². The highest BCUT2D eigenvalue weighted by Crippen LogP contribution is 2.36. The number of nitrogens with one attached hydrogen (secondary N) is 3. The van der Waals surface area contributed by atoms with Crippen molar-refractivity contribution in [3.63, 3.8) is 0 Å². The van der Waals surface area contributed by atoms with Crippen molar-refractivity contribution >= 4 is 39.4 Å². The van der Waals surface area contributed by atoms with Crippen LogP contribution in [-0.2, 0) is 4.79 Å². The van der Waals surface area contributed by atoms with Gasteiger partial charge < -0.3 is 24.3 Å². The highest BCUT2D eigenvalue weighted by Gasteiger charge is 2.14. The largest absolute Gasteiger partial charge is 0.495 e. The first kappa shape index (κ1) is 20.1. The number of aryl methyl sites for hydroxylation is 1. The fraction of sp³-hybridized carbons (Fsp3) is 0.130. The van der Waals surface area contributed by atoms with E-state index in [2.05, 4.69) is 16.2 Å². The van der Waals surface area contributed by atoms with Gasteiger partial charge >= 0.3 is 0 Å². The molecule has 0 aliphatic heterocycles. The number of carbonyl (C=O) groups excluding carboxylic acids is 2. The molecule has 2 heterocycles. The first-order valence-corrected chi connectivity index (χ1v) is 9.55. The number of allylic oxidation sites excluding steroid dienone is 1. The van der Waals surface area contributed by atoms with Crippen LogP contribution >= 0.6 is 0 Å². The van der Waals surface area contributed by atoms with Crippen molar-refractivity contribution < 1.29 is 23.2 Å². The molecule has 0 saturated carbocycles. The minimum atomic E-state index is -0.396. The van der Waals surface area contributed by atoms with Gasteiger partial charge in [-0.1, -0.05) is 18.2 Å². The fourth-order valence-corrected chi connectivity index (χ4v) is 3.26. The minimum Gasteiger partial charge on any atom is -0.495 e. The van der Waals surface area contributed by atoms with Crippen molar-refractivity contribution in [3.8, 4) is 5.75 Å². The summed E-state index contributed by atoms with van der Waals surface area (Å²) >= 11 is 0. The number of hydrazine groups is 1. The highest BCUT2D eigenvalue weighted by molar-refractivity contribution is 6.08. The zero-order valence-electron chi connectivity index (χ0n) is 17.2. The van der Waals surface area contributed by atoms with Gasteiger partial charge in [-0.25, -0.2) is 0 Å². The van der Waals surface area contributed by atoms with Crippen LogP contribution in [-0.4, -0.2) is 18.9 Å². The molecule has 0 spiro atoms. The van der Waals surface area contributed by atoms with Crippen LogP contribution < -0.4 is 20.9 Å². The van der Waals surface area contributed by atoms with Crippen LogP contribution in [0.3, 0.4) is 0 Å². The number of ether oxygens (including phenoxy) is 1. The molecular formula is C23H21N3O5. The van der Waals surface area contributed by atoms with E-state index in [1.165, 1.54) is 19.4 Å². The monoisotopic (exact) mass is 419 g/mol. The molecule has 2 amide bonds. The molecule has 3 N–H and O–H groups in total. The number of methoxy groups -OCH3 is 1. The van der Waals surface area contributed by atoms with E-state index in [9.17, 15) is 9.59 Å². The molecule has 8 nitrogen and oxygen atoms in total. The molecule has 2 aromatic carbocycles. The van der Waals surface area contributed by atoms with Crippen molar-refractivity contribution in [1.82, 2.24) is 10.9 Å². The maximum atomic E-state index is 12.5. The number of fused-ring (bicyclic) bond motifs is 3. The lowest BCUT2D eigenvalue weighted by molar-refractivity contribution is -0.112. The number of amides is 2. The lowest BCUT2D eigenvalue weighted by Crippen LogP contribution is -2.36. The highest BCUT2D eigenvalue weighted by atomic mass is 16.5. The predicted molar refractivity (Wildman–Crippen MR) is 117 cm³/mol. The number of para-hydroxylation sites is 1. The minimum absolute atomic E-state index is 0.364. The van der Waals surface area contributed by atoms with E-state index < -0.39 is 5.91 Å². The summed E-state index contributed by atoms with van der Waals surface area (Å²) in [6.07, 6.45) is 2.76. The van der Waals surface area contributed by atoms with Gasteiger partial charge in [-0.3, -0.25) is 15.0 Å². The molecular weight excluding hydrogens is 398 g/mol. The fourth-order valence-electron chi connectivity index (χ4n) is 3.26. The van der Waals surface area contributed by atoms with Gasteiger partial charge in [-0.2, -0.15) is 0 Å². The first-order chi connectivity index (χ1) is 15.0. The van der Waals surface area contributed by atoms with Gasteiger partial charge in [0.2, 0.25) is 5.91 Å². The van der Waals surface area contributed by atoms with Crippen molar-refractivity contribution in [2.24, 2.45) is 0 Å². The Morgan fingerprint density at radius 3 is 2.58 bits per heavy atom. The second-order valence-corrected chi connectivity index (χ2v) is 6.93. The van der Waals surface area contributed by atoms with Crippen LogP contribution in [0.4, 0.5) is 5.69 Å². The zero-order valence-corrected chi connectivity index (χ0v) is 17.2. The van der Waals surface area contributed by atoms with Crippen molar-refractivity contribution in [3.05, 3.63) is 71.8 Å². The van der Waals surface area contributed by atoms with Gasteiger partial charge in [0.05, 0.1) is 24.6 Å². The Morgan fingerprint density at radius 2 is 1.84 bits per heavy atom. The van der Waals surface area contributed by atoms with E-state index in [-0.39, 0.29) is 5.91 Å². The Balaban J connectivity index is 1.48. The van der Waals surface area contributed by atoms with E-state index in [4.69, 9.17) is 13.6 Å². The summed E-state index contributed by atoms with van der Waals surface area (Å²) in [5, 5.41) is 4.65. The number of carbonyl (C=O) groups is 2. The predicted octanol–water partition coefficient (Wildman–Crippen LogP) is 4.27. The lowest BCUT2D eigenvalue weighted by Gasteiger charge is -2.11. The molecule has 0 saturated heterocycles. The van der Waals surface area contributed by atoms with Crippen LogP contribution in [0.2, 0.25) is 0 Å². The summed E-state index contributed by atoms with van der Waals surface area (Å²) in [4.78, 5) is 24.6. The zero-order chi connectivity index (χ0) is 22.0. The number of anilines is 1. The van der Waals surface area contributed by atoms with E-state index in [1.807, 2.05) is 30.3 Å². The summed E-state index contributed by atoms with van der Waals surface area (Å²) < 4.78 is 16.4. The normalized spacial score (nSPS) is 11.5. The number of benzene rings is 2. The molecule has 0 aliphatic rings. The summed E-state index contributed by atoms with van der Waals surface area (Å²) in [6, 6.07) is 12.8. The summed E-state index contributed by atoms with van der Waals surface area (Å²) in [7, 11) is 1.54. The van der Waals surface area contributed by atoms with E-state index in [0.717, 1.165) is 16.4 Å². The molecule has 0 atom stereocenters. The Morgan fingerprint density at radius 1 is 1.03 bits per heavy atom. The summed E-state index contributed by atoms with van der Waals surface area (Å²) in [5.41, 5.74) is 7.94. The van der Waals surface area contributed by atoms with Gasteiger partial charge in [0.25, 0.3) is 5.91 Å². The van der Waals surface area contributed by atoms with Gasteiger partial charge in [0, 0.05) is 28.6 Å². The molecule has 0 fully saturated rings. The first-order valence-electron chi connectivity index (χ1n) is 9.55. The van der Waals surface area contributed by atoms with Crippen LogP contribution in [0.1, 0.15) is 23.0 Å². The standard InChI is InChI=1S/C23H21N3O5/c1-13(25-26-23(28)15-8-9-30-14(15)2)10-22(27)24-18-12-20-17(11-21(18)29-3)16-6-4-5-7-19(16)31-20/h4-12,25H,1-3H3,(H,24,27)(H,26,28)/b13-10+. The van der Waals surface area contributed by atoms with Gasteiger partial charge in [0.1, 0.15) is 22.7 Å². The molecule has 8 heteroatoms. The van der Waals surface area contributed by atoms with Gasteiger partial charge in [-0.15, -0.1) is 0 Å². The number of hydrogen-bond donors (Lipinski definition) is 3. The summed E-state index contributed by atoms with van der Waals surface area (Å²) in [6.45, 7) is 3.35. The average Bonchev–Trinajstić information content (AvgIpc) is 3.34. The van der Waals surface area contributed by atoms with Crippen LogP contribution in [0.15, 0.2) is 69.3 Å². The molecule has 0 aliphatic carbocycles. The van der Waals surface area contributed by atoms with Gasteiger partial charge in [-0.05, 0) is 32.0 Å². The Labute approximate surface area is 177 Å². The maximum Gasteiger partial charge on any atom is 0.273 e. The third-order valence-electron chi connectivity index (χ3n) is 4.78. The second-order valence-electron chi connectivity index (χ2n) is 6.93. The average molecular weight is 419 g/mol. The molecule has 4 rings (SSSR count). The van der Waals surface area contributed by atoms with E-state index in [1.54, 1.807) is 26.0 Å². The van der Waals surface area contributed by atoms with Crippen molar-refractivity contribution in [1.29, 1.82) is 0 Å². The summed E-state index contributed by atoms with van der Waals surface area (Å²) in [5.74, 6) is 0.255. The quantitative estimate of drug-likeness (QED) is 0.318. The topological polar surface area (TPSA) is 106 Å². The third-order valence-corrected chi connectivity index (χ3v) is 4.78. The Hall–Kier alpha value is -4.20.